The number of nitrogens with zero attached hydrogens (tertiary/aromatic N) is 4. The molecule has 2 aromatic carbocycles. The SMILES string of the molecule is CN1CC(=O)Nc2cc(C3=CN(Cc4c(F)cc(-c5nnc(C(F)F)o5)cc4F)NN3)ccc2C1. The zero-order chi connectivity index (χ0) is 24.7. The van der Waals surface area contributed by atoms with E-state index < -0.39 is 29.8 Å². The molecule has 0 fully saturated rings. The Kier molecular flexibility index (Phi) is 5.86. The molecule has 0 radical (unpaired) electrons. The maximum absolute atomic E-state index is 14.7. The first kappa shape index (κ1) is 22.8. The monoisotopic (exact) mass is 489 g/mol. The molecule has 0 bridgehead atoms. The van der Waals surface area contributed by atoms with Gasteiger partial charge in [0.15, 0.2) is 0 Å². The van der Waals surface area contributed by atoms with Gasteiger partial charge in [-0.1, -0.05) is 12.1 Å². The summed E-state index contributed by atoms with van der Waals surface area (Å²) in [5, 5.41) is 10.9. The summed E-state index contributed by atoms with van der Waals surface area (Å²) in [6, 6.07) is 7.50. The molecule has 0 saturated carbocycles. The van der Waals surface area contributed by atoms with Crippen LogP contribution in [0.2, 0.25) is 0 Å². The van der Waals surface area contributed by atoms with Crippen LogP contribution in [0.3, 0.4) is 0 Å². The van der Waals surface area contributed by atoms with Gasteiger partial charge in [-0.2, -0.15) is 8.78 Å². The predicted octanol–water partition coefficient (Wildman–Crippen LogP) is 3.16. The van der Waals surface area contributed by atoms with Crippen molar-refractivity contribution in [2.45, 2.75) is 19.5 Å². The van der Waals surface area contributed by atoms with Gasteiger partial charge in [-0.25, -0.2) is 8.78 Å². The highest BCUT2D eigenvalue weighted by atomic mass is 19.3. The Morgan fingerprint density at radius 1 is 1.09 bits per heavy atom. The van der Waals surface area contributed by atoms with E-state index in [2.05, 4.69) is 26.5 Å². The Morgan fingerprint density at radius 3 is 2.57 bits per heavy atom. The normalized spacial score (nSPS) is 16.1. The van der Waals surface area contributed by atoms with Crippen LogP contribution in [0.15, 0.2) is 40.9 Å². The van der Waals surface area contributed by atoms with Crippen molar-refractivity contribution in [1.82, 2.24) is 31.1 Å². The molecule has 2 aliphatic rings. The van der Waals surface area contributed by atoms with E-state index in [4.69, 9.17) is 4.42 Å². The van der Waals surface area contributed by atoms with Crippen molar-refractivity contribution in [3.8, 4) is 11.5 Å². The van der Waals surface area contributed by atoms with Gasteiger partial charge in [0, 0.05) is 35.1 Å². The number of halogens is 4. The van der Waals surface area contributed by atoms with Gasteiger partial charge in [-0.15, -0.1) is 15.7 Å². The van der Waals surface area contributed by atoms with E-state index in [1.54, 1.807) is 6.20 Å². The number of likely N-dealkylation sites (N-methyl/N-ethyl adjacent to an activating group) is 1. The highest BCUT2D eigenvalue weighted by Crippen LogP contribution is 2.29. The number of benzene rings is 2. The number of nitrogens with one attached hydrogen (secondary N) is 3. The van der Waals surface area contributed by atoms with Crippen molar-refractivity contribution >= 4 is 17.3 Å². The van der Waals surface area contributed by atoms with Crippen molar-refractivity contribution in [2.24, 2.45) is 0 Å². The molecular formula is C22H19F4N7O2. The van der Waals surface area contributed by atoms with Crippen molar-refractivity contribution in [2.75, 3.05) is 18.9 Å². The molecule has 0 saturated heterocycles. The van der Waals surface area contributed by atoms with Gasteiger partial charge in [-0.05, 0) is 30.8 Å². The van der Waals surface area contributed by atoms with Gasteiger partial charge in [0.2, 0.25) is 11.8 Å². The first-order valence-corrected chi connectivity index (χ1v) is 10.5. The average molecular weight is 489 g/mol. The number of hydrazine groups is 2. The number of hydrogen-bond donors (Lipinski definition) is 3. The average Bonchev–Trinajstić information content (AvgIpc) is 3.44. The number of alkyl halides is 2. The minimum atomic E-state index is -2.99. The molecule has 3 aromatic rings. The van der Waals surface area contributed by atoms with Gasteiger partial charge >= 0.3 is 6.43 Å². The summed E-state index contributed by atoms with van der Waals surface area (Å²) in [5.41, 5.74) is 8.40. The van der Waals surface area contributed by atoms with Crippen molar-refractivity contribution in [1.29, 1.82) is 0 Å². The van der Waals surface area contributed by atoms with E-state index in [1.807, 2.05) is 30.1 Å². The fourth-order valence-corrected chi connectivity index (χ4v) is 3.85. The van der Waals surface area contributed by atoms with E-state index >= 15 is 0 Å². The summed E-state index contributed by atoms with van der Waals surface area (Å²) in [6.45, 7) is 0.718. The van der Waals surface area contributed by atoms with Crippen molar-refractivity contribution in [3.63, 3.8) is 0 Å². The summed E-state index contributed by atoms with van der Waals surface area (Å²) in [4.78, 5) is 13.9. The molecule has 0 atom stereocenters. The fraction of sp³-hybridized carbons (Fsp3) is 0.227. The molecule has 0 spiro atoms. The van der Waals surface area contributed by atoms with Crippen LogP contribution in [0.1, 0.15) is 29.0 Å². The number of rotatable bonds is 5. The number of hydrogen-bond acceptors (Lipinski definition) is 8. The van der Waals surface area contributed by atoms with Crippen molar-refractivity contribution < 1.29 is 26.8 Å². The molecule has 3 heterocycles. The molecule has 1 aromatic heterocycles. The summed E-state index contributed by atoms with van der Waals surface area (Å²) in [6.07, 6.45) is -1.36. The van der Waals surface area contributed by atoms with Crippen LogP contribution in [0.4, 0.5) is 23.2 Å². The van der Waals surface area contributed by atoms with Crippen LogP contribution < -0.4 is 16.3 Å². The minimum absolute atomic E-state index is 0.114. The highest BCUT2D eigenvalue weighted by Gasteiger charge is 2.23. The topological polar surface area (TPSA) is 98.6 Å². The molecule has 1 amide bonds. The minimum Gasteiger partial charge on any atom is -0.415 e. The molecule has 2 aliphatic heterocycles. The number of anilines is 1. The van der Waals surface area contributed by atoms with E-state index in [-0.39, 0.29) is 30.1 Å². The molecular weight excluding hydrogens is 470 g/mol. The predicted molar refractivity (Wildman–Crippen MR) is 116 cm³/mol. The van der Waals surface area contributed by atoms with Gasteiger partial charge in [-0.3, -0.25) is 14.7 Å². The maximum atomic E-state index is 14.7. The van der Waals surface area contributed by atoms with Crippen molar-refractivity contribution in [3.05, 3.63) is 70.7 Å². The van der Waals surface area contributed by atoms with Crippen LogP contribution in [0, 0.1) is 11.6 Å². The van der Waals surface area contributed by atoms with E-state index in [0.29, 0.717) is 17.9 Å². The lowest BCUT2D eigenvalue weighted by molar-refractivity contribution is -0.116. The molecule has 9 nitrogen and oxygen atoms in total. The molecule has 35 heavy (non-hydrogen) atoms. The summed E-state index contributed by atoms with van der Waals surface area (Å²) < 4.78 is 59.5. The Balaban J connectivity index is 1.34. The van der Waals surface area contributed by atoms with Gasteiger partial charge in [0.25, 0.3) is 5.89 Å². The zero-order valence-corrected chi connectivity index (χ0v) is 18.3. The quantitative estimate of drug-likeness (QED) is 0.471. The number of amides is 1. The number of aromatic nitrogens is 2. The van der Waals surface area contributed by atoms with E-state index in [0.717, 1.165) is 23.3 Å². The molecule has 3 N–H and O–H groups in total. The van der Waals surface area contributed by atoms with Crippen LogP contribution >= 0.6 is 0 Å². The van der Waals surface area contributed by atoms with Gasteiger partial charge < -0.3 is 15.2 Å². The third kappa shape index (κ3) is 4.68. The van der Waals surface area contributed by atoms with Crippen LogP contribution in [-0.2, 0) is 17.9 Å². The zero-order valence-electron chi connectivity index (χ0n) is 18.3. The summed E-state index contributed by atoms with van der Waals surface area (Å²) >= 11 is 0. The second kappa shape index (κ2) is 9.00. The Hall–Kier alpha value is -3.97. The Bertz CT molecular complexity index is 1300. The molecule has 182 valence electrons. The third-order valence-electron chi connectivity index (χ3n) is 5.51. The largest absolute Gasteiger partial charge is 0.415 e. The first-order chi connectivity index (χ1) is 16.8. The fourth-order valence-electron chi connectivity index (χ4n) is 3.85. The summed E-state index contributed by atoms with van der Waals surface area (Å²) in [7, 11) is 1.86. The lowest BCUT2D eigenvalue weighted by Crippen LogP contribution is -2.36. The van der Waals surface area contributed by atoms with Gasteiger partial charge in [0.1, 0.15) is 11.6 Å². The third-order valence-corrected chi connectivity index (χ3v) is 5.51. The molecule has 0 aliphatic carbocycles. The number of fused-ring (bicyclic) bond motifs is 1. The second-order valence-corrected chi connectivity index (χ2v) is 8.16. The standard InChI is InChI=1S/C22H19F4N7O2/c1-32-7-12-3-2-11(6-17(12)27-19(34)10-32)18-9-33(31-28-18)8-14-15(23)4-13(5-16(14)24)21-29-30-22(35-21)20(25)26/h2-6,9,20,28,31H,7-8,10H2,1H3,(H,27,34). The second-order valence-electron chi connectivity index (χ2n) is 8.16. The maximum Gasteiger partial charge on any atom is 0.314 e. The van der Waals surface area contributed by atoms with Crippen LogP contribution in [-0.4, -0.2) is 39.6 Å². The molecule has 0 unspecified atom stereocenters. The van der Waals surface area contributed by atoms with E-state index in [9.17, 15) is 22.4 Å². The van der Waals surface area contributed by atoms with Gasteiger partial charge in [0.05, 0.1) is 18.8 Å². The number of carbonyl (C=O) groups excluding carboxylic acids is 1. The van der Waals surface area contributed by atoms with Crippen LogP contribution in [0.25, 0.3) is 17.2 Å². The smallest absolute Gasteiger partial charge is 0.314 e. The lowest BCUT2D eigenvalue weighted by Gasteiger charge is -2.16. The van der Waals surface area contributed by atoms with Crippen LogP contribution in [0.5, 0.6) is 0 Å². The lowest BCUT2D eigenvalue weighted by atomic mass is 10.1. The Labute approximate surface area is 196 Å². The molecule has 5 rings (SSSR count). The van der Waals surface area contributed by atoms with E-state index in [1.165, 1.54) is 5.01 Å². The Morgan fingerprint density at radius 2 is 1.86 bits per heavy atom. The molecule has 13 heteroatoms. The first-order valence-electron chi connectivity index (χ1n) is 10.5. The number of carbonyl (C=O) groups is 1. The summed E-state index contributed by atoms with van der Waals surface area (Å²) in [5.74, 6) is -3.26. The highest BCUT2D eigenvalue weighted by molar-refractivity contribution is 5.94.